The summed E-state index contributed by atoms with van der Waals surface area (Å²) in [6.45, 7) is 1.63. The molecule has 0 saturated carbocycles. The smallest absolute Gasteiger partial charge is 0.257 e. The number of nitrogens with zero attached hydrogens (tertiary/aromatic N) is 2. The first-order chi connectivity index (χ1) is 12.4. The Morgan fingerprint density at radius 3 is 2.54 bits per heavy atom. The van der Waals surface area contributed by atoms with Gasteiger partial charge in [-0.1, -0.05) is 11.6 Å². The van der Waals surface area contributed by atoms with Gasteiger partial charge in [-0.3, -0.25) is 9.78 Å². The number of methoxy groups -OCH3 is 2. The molecule has 1 aromatic carbocycles. The average molecular weight is 379 g/mol. The van der Waals surface area contributed by atoms with Crippen molar-refractivity contribution in [3.8, 4) is 11.5 Å². The molecule has 1 aromatic heterocycles. The van der Waals surface area contributed by atoms with Crippen LogP contribution in [0, 0.1) is 0 Å². The standard InChI is InChI=1S/C18H23ClN4O3/c1-23(2)6-5-21-13-7-12(10-20-11-13)18(24)22-15-9-16(25-3)14(19)8-17(15)26-4/h7-11,21H,5-6H2,1-4H3,(H,22,24). The zero-order chi connectivity index (χ0) is 19.1. The van der Waals surface area contributed by atoms with Crippen LogP contribution in [0.25, 0.3) is 0 Å². The lowest BCUT2D eigenvalue weighted by molar-refractivity contribution is 0.102. The fourth-order valence-electron chi connectivity index (χ4n) is 2.24. The summed E-state index contributed by atoms with van der Waals surface area (Å²) in [5.41, 5.74) is 1.67. The molecular weight excluding hydrogens is 356 g/mol. The van der Waals surface area contributed by atoms with Crippen LogP contribution in [0.3, 0.4) is 0 Å². The summed E-state index contributed by atoms with van der Waals surface area (Å²) in [5, 5.41) is 6.44. The van der Waals surface area contributed by atoms with Crippen LogP contribution in [0.15, 0.2) is 30.6 Å². The molecule has 2 aromatic rings. The van der Waals surface area contributed by atoms with Crippen molar-refractivity contribution in [3.63, 3.8) is 0 Å². The second-order valence-electron chi connectivity index (χ2n) is 5.83. The molecule has 7 nitrogen and oxygen atoms in total. The van der Waals surface area contributed by atoms with Gasteiger partial charge in [-0.2, -0.15) is 0 Å². The van der Waals surface area contributed by atoms with Gasteiger partial charge in [0.2, 0.25) is 0 Å². The quantitative estimate of drug-likeness (QED) is 0.735. The number of ether oxygens (including phenoxy) is 2. The number of benzene rings is 1. The molecule has 0 aliphatic heterocycles. The van der Waals surface area contributed by atoms with Crippen LogP contribution in [-0.2, 0) is 0 Å². The van der Waals surface area contributed by atoms with E-state index in [1.807, 2.05) is 14.1 Å². The summed E-state index contributed by atoms with van der Waals surface area (Å²) >= 11 is 6.09. The third-order valence-corrected chi connectivity index (χ3v) is 3.91. The highest BCUT2D eigenvalue weighted by Crippen LogP contribution is 2.36. The minimum atomic E-state index is -0.309. The summed E-state index contributed by atoms with van der Waals surface area (Å²) in [4.78, 5) is 18.8. The highest BCUT2D eigenvalue weighted by molar-refractivity contribution is 6.32. The van der Waals surface area contributed by atoms with E-state index >= 15 is 0 Å². The van der Waals surface area contributed by atoms with Gasteiger partial charge < -0.3 is 25.0 Å². The fourth-order valence-corrected chi connectivity index (χ4v) is 2.47. The first kappa shape index (κ1) is 19.8. The summed E-state index contributed by atoms with van der Waals surface area (Å²) in [6.07, 6.45) is 3.18. The van der Waals surface area contributed by atoms with Crippen molar-refractivity contribution in [2.75, 3.05) is 52.0 Å². The van der Waals surface area contributed by atoms with E-state index in [2.05, 4.69) is 20.5 Å². The fraction of sp³-hybridized carbons (Fsp3) is 0.333. The second-order valence-corrected chi connectivity index (χ2v) is 6.24. The van der Waals surface area contributed by atoms with E-state index in [-0.39, 0.29) is 5.91 Å². The van der Waals surface area contributed by atoms with E-state index in [1.165, 1.54) is 20.4 Å². The number of nitrogens with one attached hydrogen (secondary N) is 2. The lowest BCUT2D eigenvalue weighted by atomic mass is 10.2. The van der Waals surface area contributed by atoms with E-state index in [9.17, 15) is 4.79 Å². The van der Waals surface area contributed by atoms with Gasteiger partial charge in [0.25, 0.3) is 5.91 Å². The van der Waals surface area contributed by atoms with Crippen LogP contribution in [0.4, 0.5) is 11.4 Å². The molecule has 1 amide bonds. The second kappa shape index (κ2) is 9.26. The third-order valence-electron chi connectivity index (χ3n) is 3.61. The molecule has 0 atom stereocenters. The largest absolute Gasteiger partial charge is 0.495 e. The Hall–Kier alpha value is -2.51. The molecule has 0 radical (unpaired) electrons. The molecule has 8 heteroatoms. The number of amides is 1. The van der Waals surface area contributed by atoms with Gasteiger partial charge in [0.05, 0.1) is 36.2 Å². The third kappa shape index (κ3) is 5.24. The highest BCUT2D eigenvalue weighted by Gasteiger charge is 2.14. The lowest BCUT2D eigenvalue weighted by Gasteiger charge is -2.14. The number of likely N-dealkylation sites (N-methyl/N-ethyl adjacent to an activating group) is 1. The molecule has 140 valence electrons. The molecule has 0 aliphatic carbocycles. The molecule has 26 heavy (non-hydrogen) atoms. The van der Waals surface area contributed by atoms with Crippen molar-refractivity contribution in [2.45, 2.75) is 0 Å². The van der Waals surface area contributed by atoms with E-state index < -0.39 is 0 Å². The van der Waals surface area contributed by atoms with E-state index in [1.54, 1.807) is 24.4 Å². The maximum atomic E-state index is 12.6. The Balaban J connectivity index is 2.15. The normalized spacial score (nSPS) is 10.5. The van der Waals surface area contributed by atoms with Gasteiger partial charge in [0.1, 0.15) is 11.5 Å². The maximum Gasteiger partial charge on any atom is 0.257 e. The van der Waals surface area contributed by atoms with Crippen molar-refractivity contribution < 1.29 is 14.3 Å². The molecule has 2 N–H and O–H groups in total. The van der Waals surface area contributed by atoms with Crippen molar-refractivity contribution in [3.05, 3.63) is 41.2 Å². The zero-order valence-electron chi connectivity index (χ0n) is 15.3. The predicted molar refractivity (Wildman–Crippen MR) is 104 cm³/mol. The van der Waals surface area contributed by atoms with Crippen LogP contribution in [0.5, 0.6) is 11.5 Å². The zero-order valence-corrected chi connectivity index (χ0v) is 16.1. The van der Waals surface area contributed by atoms with Crippen molar-refractivity contribution in [1.82, 2.24) is 9.88 Å². The predicted octanol–water partition coefficient (Wildman–Crippen LogP) is 2.98. The van der Waals surface area contributed by atoms with Gasteiger partial charge >= 0.3 is 0 Å². The monoisotopic (exact) mass is 378 g/mol. The van der Waals surface area contributed by atoms with Crippen LogP contribution < -0.4 is 20.1 Å². The molecule has 1 heterocycles. The number of rotatable bonds is 8. The molecule has 0 spiro atoms. The number of halogens is 1. The molecule has 0 unspecified atom stereocenters. The summed E-state index contributed by atoms with van der Waals surface area (Å²) < 4.78 is 10.5. The number of aromatic nitrogens is 1. The van der Waals surface area contributed by atoms with Crippen LogP contribution in [0.1, 0.15) is 10.4 Å². The average Bonchev–Trinajstić information content (AvgIpc) is 2.62. The minimum absolute atomic E-state index is 0.309. The van der Waals surface area contributed by atoms with Gasteiger partial charge in [-0.15, -0.1) is 0 Å². The number of carbonyl (C=O) groups is 1. The number of anilines is 2. The van der Waals surface area contributed by atoms with Crippen molar-refractivity contribution >= 4 is 28.9 Å². The van der Waals surface area contributed by atoms with Gasteiger partial charge in [-0.05, 0) is 20.2 Å². The molecule has 0 aliphatic rings. The highest BCUT2D eigenvalue weighted by atomic mass is 35.5. The van der Waals surface area contributed by atoms with E-state index in [4.69, 9.17) is 21.1 Å². The SMILES string of the molecule is COc1cc(NC(=O)c2cncc(NCCN(C)C)c2)c(OC)cc1Cl. The van der Waals surface area contributed by atoms with Gasteiger partial charge in [-0.25, -0.2) is 0 Å². The number of carbonyl (C=O) groups excluding carboxylic acids is 1. The number of hydrogen-bond donors (Lipinski definition) is 2. The summed E-state index contributed by atoms with van der Waals surface area (Å²) in [7, 11) is 7.01. The first-order valence-corrected chi connectivity index (χ1v) is 8.39. The number of hydrogen-bond acceptors (Lipinski definition) is 6. The van der Waals surface area contributed by atoms with E-state index in [0.717, 1.165) is 18.8 Å². The Morgan fingerprint density at radius 2 is 1.88 bits per heavy atom. The van der Waals surface area contributed by atoms with Crippen molar-refractivity contribution in [2.24, 2.45) is 0 Å². The van der Waals surface area contributed by atoms with Crippen LogP contribution >= 0.6 is 11.6 Å². The molecule has 0 fully saturated rings. The Morgan fingerprint density at radius 1 is 1.15 bits per heavy atom. The van der Waals surface area contributed by atoms with Crippen molar-refractivity contribution in [1.29, 1.82) is 0 Å². The maximum absolute atomic E-state index is 12.6. The Bertz CT molecular complexity index is 768. The Labute approximate surface area is 158 Å². The molecule has 2 rings (SSSR count). The summed E-state index contributed by atoms with van der Waals surface area (Å²) in [5.74, 6) is 0.578. The molecule has 0 saturated heterocycles. The van der Waals surface area contributed by atoms with Gasteiger partial charge in [0, 0.05) is 37.6 Å². The van der Waals surface area contributed by atoms with E-state index in [0.29, 0.717) is 27.8 Å². The Kier molecular flexibility index (Phi) is 7.06. The number of pyridine rings is 1. The minimum Gasteiger partial charge on any atom is -0.495 e. The molecular formula is C18H23ClN4O3. The first-order valence-electron chi connectivity index (χ1n) is 8.01. The van der Waals surface area contributed by atoms with Crippen LogP contribution in [0.2, 0.25) is 5.02 Å². The van der Waals surface area contributed by atoms with Gasteiger partial charge in [0.15, 0.2) is 0 Å². The topological polar surface area (TPSA) is 75.7 Å². The van der Waals surface area contributed by atoms with Crippen LogP contribution in [-0.4, -0.2) is 57.2 Å². The lowest BCUT2D eigenvalue weighted by Crippen LogP contribution is -2.21. The molecule has 0 bridgehead atoms. The summed E-state index contributed by atoms with van der Waals surface area (Å²) in [6, 6.07) is 4.96.